The molecule has 0 aliphatic heterocycles. The maximum Gasteiger partial charge on any atom is 0.224 e. The molecule has 1 atom stereocenters. The van der Waals surface area contributed by atoms with Crippen LogP contribution in [0.5, 0.6) is 0 Å². The Morgan fingerprint density at radius 3 is 2.67 bits per heavy atom. The van der Waals surface area contributed by atoms with Gasteiger partial charge in [-0.1, -0.05) is 20.8 Å². The second-order valence-electron chi connectivity index (χ2n) is 5.37. The van der Waals surface area contributed by atoms with Gasteiger partial charge in [-0.2, -0.15) is 4.98 Å². The molecule has 0 amide bonds. The average molecular weight is 252 g/mol. The lowest BCUT2D eigenvalue weighted by Crippen LogP contribution is -2.35. The van der Waals surface area contributed by atoms with Crippen LogP contribution in [0.25, 0.3) is 0 Å². The topological polar surface area (TPSA) is 70.1 Å². The zero-order valence-corrected chi connectivity index (χ0v) is 11.7. The lowest BCUT2D eigenvalue weighted by atomic mass is 9.85. The van der Waals surface area contributed by atoms with E-state index in [0.717, 1.165) is 12.4 Å². The summed E-state index contributed by atoms with van der Waals surface area (Å²) >= 11 is 0. The smallest absolute Gasteiger partial charge is 0.224 e. The zero-order valence-electron chi connectivity index (χ0n) is 11.7. The number of aliphatic hydroxyl groups is 1. The van der Waals surface area contributed by atoms with Gasteiger partial charge in [0.05, 0.1) is 0 Å². The first-order valence-corrected chi connectivity index (χ1v) is 6.41. The van der Waals surface area contributed by atoms with E-state index >= 15 is 0 Å². The van der Waals surface area contributed by atoms with E-state index in [2.05, 4.69) is 41.4 Å². The summed E-state index contributed by atoms with van der Waals surface area (Å²) in [6.45, 7) is 9.40. The highest BCUT2D eigenvalue weighted by Crippen LogP contribution is 2.24. The quantitative estimate of drug-likeness (QED) is 0.723. The van der Waals surface area contributed by atoms with Crippen molar-refractivity contribution in [1.82, 2.24) is 9.97 Å². The van der Waals surface area contributed by atoms with Gasteiger partial charge >= 0.3 is 0 Å². The van der Waals surface area contributed by atoms with Crippen LogP contribution in [-0.4, -0.2) is 34.3 Å². The van der Waals surface area contributed by atoms with Crippen LogP contribution in [0, 0.1) is 5.41 Å². The Labute approximate surface area is 109 Å². The van der Waals surface area contributed by atoms with Gasteiger partial charge in [0.25, 0.3) is 0 Å². The predicted molar refractivity (Wildman–Crippen MR) is 74.8 cm³/mol. The van der Waals surface area contributed by atoms with Crippen LogP contribution in [0.1, 0.15) is 34.1 Å². The molecule has 102 valence electrons. The molecule has 3 N–H and O–H groups in total. The van der Waals surface area contributed by atoms with Crippen LogP contribution >= 0.6 is 0 Å². The first-order valence-electron chi connectivity index (χ1n) is 6.41. The summed E-state index contributed by atoms with van der Waals surface area (Å²) in [5.74, 6) is 1.41. The maximum absolute atomic E-state index is 9.13. The molecular formula is C13H24N4O. The molecule has 1 aromatic heterocycles. The second kappa shape index (κ2) is 6.54. The number of anilines is 2. The fraction of sp³-hybridized carbons (Fsp3) is 0.692. The Balaban J connectivity index is 2.77. The maximum atomic E-state index is 9.13. The Bertz CT molecular complexity index is 362. The van der Waals surface area contributed by atoms with Crippen molar-refractivity contribution in [2.24, 2.45) is 5.41 Å². The van der Waals surface area contributed by atoms with Crippen LogP contribution in [-0.2, 0) is 0 Å². The first-order chi connectivity index (χ1) is 8.47. The second-order valence-corrected chi connectivity index (χ2v) is 5.37. The van der Waals surface area contributed by atoms with Crippen molar-refractivity contribution >= 4 is 11.8 Å². The molecule has 18 heavy (non-hydrogen) atoms. The number of aromatic nitrogens is 2. The van der Waals surface area contributed by atoms with Crippen molar-refractivity contribution in [2.45, 2.75) is 40.2 Å². The largest absolute Gasteiger partial charge is 0.396 e. The average Bonchev–Trinajstić information content (AvgIpc) is 2.28. The van der Waals surface area contributed by atoms with Crippen molar-refractivity contribution in [3.8, 4) is 0 Å². The third-order valence-electron chi connectivity index (χ3n) is 2.78. The summed E-state index contributed by atoms with van der Waals surface area (Å²) in [6, 6.07) is 2.02. The number of nitrogens with zero attached hydrogens (tertiary/aromatic N) is 2. The van der Waals surface area contributed by atoms with E-state index < -0.39 is 0 Å². The molecule has 0 aliphatic rings. The minimum Gasteiger partial charge on any atom is -0.396 e. The zero-order chi connectivity index (χ0) is 13.6. The lowest BCUT2D eigenvalue weighted by molar-refractivity contribution is 0.235. The summed E-state index contributed by atoms with van der Waals surface area (Å²) in [4.78, 5) is 8.52. The molecule has 0 saturated carbocycles. The molecule has 0 spiro atoms. The van der Waals surface area contributed by atoms with Crippen LogP contribution in [0.4, 0.5) is 11.8 Å². The number of aliphatic hydroxyl groups excluding tert-OH is 1. The first kappa shape index (κ1) is 14.7. The summed E-state index contributed by atoms with van der Waals surface area (Å²) < 4.78 is 0. The molecule has 0 aliphatic carbocycles. The molecule has 5 heteroatoms. The fourth-order valence-electron chi connectivity index (χ4n) is 1.71. The standard InChI is InChI=1S/C13H24N4O/c1-5-14-12-15-8-6-11(17-12)16-10(7-9-18)13(2,3)4/h6,8,10,18H,5,7,9H2,1-4H3,(H2,14,15,16,17). The van der Waals surface area contributed by atoms with Crippen LogP contribution < -0.4 is 10.6 Å². The highest BCUT2D eigenvalue weighted by molar-refractivity contribution is 5.40. The molecule has 1 heterocycles. The van der Waals surface area contributed by atoms with E-state index in [-0.39, 0.29) is 18.1 Å². The van der Waals surface area contributed by atoms with Crippen molar-refractivity contribution in [3.63, 3.8) is 0 Å². The Hall–Kier alpha value is -1.36. The van der Waals surface area contributed by atoms with E-state index in [4.69, 9.17) is 5.11 Å². The molecule has 0 saturated heterocycles. The lowest BCUT2D eigenvalue weighted by Gasteiger charge is -2.31. The molecule has 0 fully saturated rings. The monoisotopic (exact) mass is 252 g/mol. The van der Waals surface area contributed by atoms with E-state index in [9.17, 15) is 0 Å². The van der Waals surface area contributed by atoms with E-state index in [0.29, 0.717) is 12.4 Å². The van der Waals surface area contributed by atoms with Gasteiger partial charge in [0.15, 0.2) is 0 Å². The summed E-state index contributed by atoms with van der Waals surface area (Å²) in [7, 11) is 0. The number of hydrogen-bond acceptors (Lipinski definition) is 5. The van der Waals surface area contributed by atoms with Crippen molar-refractivity contribution < 1.29 is 5.11 Å². The van der Waals surface area contributed by atoms with Gasteiger partial charge in [0.2, 0.25) is 5.95 Å². The molecule has 5 nitrogen and oxygen atoms in total. The Morgan fingerprint density at radius 1 is 1.39 bits per heavy atom. The van der Waals surface area contributed by atoms with E-state index in [1.807, 2.05) is 13.0 Å². The third-order valence-corrected chi connectivity index (χ3v) is 2.78. The molecular weight excluding hydrogens is 228 g/mol. The van der Waals surface area contributed by atoms with Crippen molar-refractivity contribution in [2.75, 3.05) is 23.8 Å². The number of nitrogens with one attached hydrogen (secondary N) is 2. The Kier molecular flexibility index (Phi) is 5.34. The summed E-state index contributed by atoms with van der Waals surface area (Å²) in [6.07, 6.45) is 2.43. The highest BCUT2D eigenvalue weighted by atomic mass is 16.3. The van der Waals surface area contributed by atoms with Crippen LogP contribution in [0.2, 0.25) is 0 Å². The van der Waals surface area contributed by atoms with Gasteiger partial charge in [-0.05, 0) is 24.8 Å². The molecule has 0 radical (unpaired) electrons. The highest BCUT2D eigenvalue weighted by Gasteiger charge is 2.24. The van der Waals surface area contributed by atoms with Gasteiger partial charge in [-0.15, -0.1) is 0 Å². The van der Waals surface area contributed by atoms with Gasteiger partial charge in [-0.25, -0.2) is 4.98 Å². The van der Waals surface area contributed by atoms with Crippen molar-refractivity contribution in [1.29, 1.82) is 0 Å². The summed E-state index contributed by atoms with van der Waals surface area (Å²) in [5, 5.41) is 15.6. The van der Waals surface area contributed by atoms with Gasteiger partial charge < -0.3 is 15.7 Å². The molecule has 1 aromatic rings. The van der Waals surface area contributed by atoms with Gasteiger partial charge in [0.1, 0.15) is 5.82 Å². The van der Waals surface area contributed by atoms with E-state index in [1.165, 1.54) is 0 Å². The number of rotatable bonds is 6. The van der Waals surface area contributed by atoms with Crippen molar-refractivity contribution in [3.05, 3.63) is 12.3 Å². The van der Waals surface area contributed by atoms with Gasteiger partial charge in [0, 0.05) is 25.4 Å². The molecule has 0 aromatic carbocycles. The normalized spacial score (nSPS) is 13.2. The predicted octanol–water partition coefficient (Wildman–Crippen LogP) is 2.12. The summed E-state index contributed by atoms with van der Waals surface area (Å²) in [5.41, 5.74) is 0.0615. The van der Waals surface area contributed by atoms with Gasteiger partial charge in [-0.3, -0.25) is 0 Å². The fourth-order valence-corrected chi connectivity index (χ4v) is 1.71. The SMILES string of the molecule is CCNc1nccc(NC(CCO)C(C)(C)C)n1. The Morgan fingerprint density at radius 2 is 2.11 bits per heavy atom. The van der Waals surface area contributed by atoms with Crippen LogP contribution in [0.3, 0.4) is 0 Å². The molecule has 0 bridgehead atoms. The van der Waals surface area contributed by atoms with E-state index in [1.54, 1.807) is 6.20 Å². The minimum atomic E-state index is 0.0615. The number of hydrogen-bond donors (Lipinski definition) is 3. The molecule has 1 unspecified atom stereocenters. The molecule has 1 rings (SSSR count). The van der Waals surface area contributed by atoms with Crippen LogP contribution in [0.15, 0.2) is 12.3 Å². The third kappa shape index (κ3) is 4.49. The minimum absolute atomic E-state index is 0.0615.